The van der Waals surface area contributed by atoms with Crippen molar-refractivity contribution in [2.45, 2.75) is 25.3 Å². The van der Waals surface area contributed by atoms with Crippen molar-refractivity contribution < 1.29 is 9.59 Å². The van der Waals surface area contributed by atoms with Gasteiger partial charge in [-0.1, -0.05) is 18.2 Å². The molecule has 2 aromatic rings. The van der Waals surface area contributed by atoms with Gasteiger partial charge >= 0.3 is 0 Å². The van der Waals surface area contributed by atoms with E-state index in [9.17, 15) is 9.59 Å². The minimum atomic E-state index is -0.269. The zero-order valence-electron chi connectivity index (χ0n) is 13.3. The molecule has 1 aliphatic heterocycles. The second-order valence-electron chi connectivity index (χ2n) is 5.73. The van der Waals surface area contributed by atoms with Gasteiger partial charge in [-0.2, -0.15) is 5.10 Å². The fourth-order valence-electron chi connectivity index (χ4n) is 2.78. The largest absolute Gasteiger partial charge is 0.352 e. The summed E-state index contributed by atoms with van der Waals surface area (Å²) >= 11 is 0. The Bertz CT molecular complexity index is 697. The Balaban J connectivity index is 0.00000208. The molecule has 1 aromatic carbocycles. The van der Waals surface area contributed by atoms with Crippen LogP contribution in [0.4, 0.5) is 0 Å². The van der Waals surface area contributed by atoms with Crippen molar-refractivity contribution in [3.8, 4) is 0 Å². The van der Waals surface area contributed by atoms with Gasteiger partial charge in [0.05, 0.1) is 5.52 Å². The number of aromatic nitrogens is 2. The Hall–Kier alpha value is -2.12. The molecule has 4 N–H and O–H groups in total. The fourth-order valence-corrected chi connectivity index (χ4v) is 2.78. The molecule has 1 fully saturated rings. The third-order valence-corrected chi connectivity index (χ3v) is 3.99. The van der Waals surface area contributed by atoms with E-state index in [0.29, 0.717) is 12.2 Å². The van der Waals surface area contributed by atoms with Gasteiger partial charge in [0.15, 0.2) is 5.69 Å². The zero-order chi connectivity index (χ0) is 16.1. The fraction of sp³-hybridized carbons (Fsp3) is 0.438. The lowest BCUT2D eigenvalue weighted by Crippen LogP contribution is -2.46. The lowest BCUT2D eigenvalue weighted by Gasteiger charge is -2.23. The molecule has 7 nitrogen and oxygen atoms in total. The van der Waals surface area contributed by atoms with Crippen LogP contribution in [0, 0.1) is 0 Å². The van der Waals surface area contributed by atoms with Gasteiger partial charge < -0.3 is 16.0 Å². The number of H-pyrrole nitrogens is 1. The number of piperidine rings is 1. The molecule has 0 saturated carbocycles. The quantitative estimate of drug-likeness (QED) is 0.645. The van der Waals surface area contributed by atoms with Crippen molar-refractivity contribution in [1.29, 1.82) is 0 Å². The van der Waals surface area contributed by atoms with Crippen LogP contribution in [0.5, 0.6) is 0 Å². The number of nitrogens with one attached hydrogen (secondary N) is 4. The first kappa shape index (κ1) is 18.2. The summed E-state index contributed by atoms with van der Waals surface area (Å²) in [7, 11) is 0. The number of carbonyl (C=O) groups is 2. The highest BCUT2D eigenvalue weighted by Crippen LogP contribution is 2.14. The summed E-state index contributed by atoms with van der Waals surface area (Å²) in [4.78, 5) is 24.0. The molecule has 0 radical (unpaired) electrons. The number of halogens is 1. The Labute approximate surface area is 146 Å². The number of amides is 2. The van der Waals surface area contributed by atoms with Gasteiger partial charge in [-0.3, -0.25) is 14.7 Å². The van der Waals surface area contributed by atoms with Gasteiger partial charge in [0.1, 0.15) is 0 Å². The average molecular weight is 352 g/mol. The van der Waals surface area contributed by atoms with E-state index in [1.807, 2.05) is 24.3 Å². The van der Waals surface area contributed by atoms with Crippen LogP contribution < -0.4 is 16.0 Å². The lowest BCUT2D eigenvalue weighted by atomic mass is 10.1. The molecule has 2 amide bonds. The minimum Gasteiger partial charge on any atom is -0.352 e. The van der Waals surface area contributed by atoms with E-state index in [1.165, 1.54) is 0 Å². The van der Waals surface area contributed by atoms with E-state index < -0.39 is 0 Å². The highest BCUT2D eigenvalue weighted by molar-refractivity contribution is 6.04. The number of benzene rings is 1. The Morgan fingerprint density at radius 2 is 2.12 bits per heavy atom. The van der Waals surface area contributed by atoms with Gasteiger partial charge in [0.2, 0.25) is 5.91 Å². The molecule has 0 aliphatic carbocycles. The van der Waals surface area contributed by atoms with E-state index in [2.05, 4.69) is 26.1 Å². The minimum absolute atomic E-state index is 0. The van der Waals surface area contributed by atoms with Crippen LogP contribution in [0.15, 0.2) is 24.3 Å². The van der Waals surface area contributed by atoms with Crippen LogP contribution >= 0.6 is 12.4 Å². The molecular weight excluding hydrogens is 330 g/mol. The molecule has 1 aromatic heterocycles. The predicted octanol–water partition coefficient (Wildman–Crippen LogP) is 0.973. The second kappa shape index (κ2) is 8.65. The van der Waals surface area contributed by atoms with E-state index in [-0.39, 0.29) is 36.7 Å². The molecule has 0 bridgehead atoms. The number of nitrogens with zero attached hydrogens (tertiary/aromatic N) is 1. The van der Waals surface area contributed by atoms with Crippen LogP contribution in [-0.4, -0.2) is 47.7 Å². The zero-order valence-corrected chi connectivity index (χ0v) is 14.1. The van der Waals surface area contributed by atoms with E-state index in [4.69, 9.17) is 0 Å². The first-order valence-electron chi connectivity index (χ1n) is 7.95. The third kappa shape index (κ3) is 4.46. The van der Waals surface area contributed by atoms with Gasteiger partial charge in [-0.25, -0.2) is 0 Å². The maximum absolute atomic E-state index is 12.2. The van der Waals surface area contributed by atoms with Gasteiger partial charge in [0.25, 0.3) is 5.91 Å². The molecule has 1 unspecified atom stereocenters. The third-order valence-electron chi connectivity index (χ3n) is 3.99. The Morgan fingerprint density at radius 3 is 2.92 bits per heavy atom. The van der Waals surface area contributed by atoms with Gasteiger partial charge in [-0.05, 0) is 25.5 Å². The highest BCUT2D eigenvalue weighted by atomic mass is 35.5. The van der Waals surface area contributed by atoms with E-state index >= 15 is 0 Å². The van der Waals surface area contributed by atoms with Crippen molar-refractivity contribution in [1.82, 2.24) is 26.1 Å². The summed E-state index contributed by atoms with van der Waals surface area (Å²) < 4.78 is 0. The van der Waals surface area contributed by atoms with Crippen LogP contribution in [0.2, 0.25) is 0 Å². The van der Waals surface area contributed by atoms with Gasteiger partial charge in [-0.15, -0.1) is 12.4 Å². The molecule has 1 saturated heterocycles. The number of rotatable bonds is 5. The molecule has 130 valence electrons. The molecular formula is C16H22ClN5O2. The van der Waals surface area contributed by atoms with E-state index in [1.54, 1.807) is 0 Å². The number of fused-ring (bicyclic) bond motifs is 1. The normalized spacial score (nSPS) is 17.1. The molecule has 2 heterocycles. The first-order chi connectivity index (χ1) is 11.2. The lowest BCUT2D eigenvalue weighted by molar-refractivity contribution is -0.121. The molecule has 0 spiro atoms. The molecule has 8 heteroatoms. The molecule has 24 heavy (non-hydrogen) atoms. The number of para-hydroxylation sites is 1. The SMILES string of the molecule is Cl.O=C(CCNC(=O)c1n[nH]c2ccccc12)NC1CCCNC1. The Kier molecular flexibility index (Phi) is 6.57. The summed E-state index contributed by atoms with van der Waals surface area (Å²) in [6, 6.07) is 7.65. The summed E-state index contributed by atoms with van der Waals surface area (Å²) in [5.74, 6) is -0.305. The summed E-state index contributed by atoms with van der Waals surface area (Å²) in [6.07, 6.45) is 2.35. The maximum Gasteiger partial charge on any atom is 0.272 e. The molecule has 3 rings (SSSR count). The van der Waals surface area contributed by atoms with Crippen molar-refractivity contribution in [2.24, 2.45) is 0 Å². The van der Waals surface area contributed by atoms with E-state index in [0.717, 1.165) is 36.8 Å². The topological polar surface area (TPSA) is 98.9 Å². The molecule has 1 aliphatic rings. The Morgan fingerprint density at radius 1 is 1.29 bits per heavy atom. The number of aromatic amines is 1. The number of hydrogen-bond acceptors (Lipinski definition) is 4. The first-order valence-corrected chi connectivity index (χ1v) is 7.95. The summed E-state index contributed by atoms with van der Waals surface area (Å²) in [5.41, 5.74) is 1.18. The number of hydrogen-bond donors (Lipinski definition) is 4. The van der Waals surface area contributed by atoms with Crippen molar-refractivity contribution >= 4 is 35.1 Å². The van der Waals surface area contributed by atoms with Gasteiger partial charge in [0, 0.05) is 30.9 Å². The maximum atomic E-state index is 12.2. The van der Waals surface area contributed by atoms with Crippen LogP contribution in [-0.2, 0) is 4.79 Å². The predicted molar refractivity (Wildman–Crippen MR) is 94.3 cm³/mol. The van der Waals surface area contributed by atoms with Crippen molar-refractivity contribution in [2.75, 3.05) is 19.6 Å². The standard InChI is InChI=1S/C16H21N5O2.ClH/c22-14(19-11-4-3-8-17-10-11)7-9-18-16(23)15-12-5-1-2-6-13(12)20-21-15;/h1-2,5-6,11,17H,3-4,7-10H2,(H,18,23)(H,19,22)(H,20,21);1H. The highest BCUT2D eigenvalue weighted by Gasteiger charge is 2.16. The second-order valence-corrected chi connectivity index (χ2v) is 5.73. The smallest absolute Gasteiger partial charge is 0.272 e. The van der Waals surface area contributed by atoms with Crippen molar-refractivity contribution in [3.05, 3.63) is 30.0 Å². The molecule has 1 atom stereocenters. The van der Waals surface area contributed by atoms with Crippen LogP contribution in [0.25, 0.3) is 10.9 Å². The van der Waals surface area contributed by atoms with Crippen LogP contribution in [0.3, 0.4) is 0 Å². The average Bonchev–Trinajstić information content (AvgIpc) is 3.00. The summed E-state index contributed by atoms with van der Waals surface area (Å²) in [6.45, 7) is 2.13. The van der Waals surface area contributed by atoms with Crippen molar-refractivity contribution in [3.63, 3.8) is 0 Å². The van der Waals surface area contributed by atoms with Crippen LogP contribution in [0.1, 0.15) is 29.8 Å². The number of carbonyl (C=O) groups excluding carboxylic acids is 2. The summed E-state index contributed by atoms with van der Waals surface area (Å²) in [5, 5.41) is 16.6. The monoisotopic (exact) mass is 351 g/mol.